The van der Waals surface area contributed by atoms with Gasteiger partial charge in [-0.25, -0.2) is 25.8 Å². The molecule has 6 rings (SSSR count). The minimum Gasteiger partial charge on any atom is -0.369 e. The van der Waals surface area contributed by atoms with Crippen molar-refractivity contribution in [3.05, 3.63) is 81.9 Å². The van der Waals surface area contributed by atoms with Gasteiger partial charge >= 0.3 is 0 Å². The van der Waals surface area contributed by atoms with Crippen LogP contribution < -0.4 is 10.2 Å². The Hall–Kier alpha value is -4.03. The summed E-state index contributed by atoms with van der Waals surface area (Å²) in [5.41, 5.74) is 3.22. The molecule has 0 aliphatic carbocycles. The predicted molar refractivity (Wildman–Crippen MR) is 174 cm³/mol. The Kier molecular flexibility index (Phi) is 8.30. The number of fused-ring (bicyclic) bond motifs is 1. The number of thiazole rings is 1. The molecule has 4 aromatic rings. The van der Waals surface area contributed by atoms with Crippen molar-refractivity contribution in [2.45, 2.75) is 37.1 Å². The second-order valence-electron chi connectivity index (χ2n) is 11.3. The molecule has 0 spiro atoms. The number of sulfonamides is 1. The smallest absolute Gasteiger partial charge is 0.280 e. The normalized spacial score (nSPS) is 18.0. The van der Waals surface area contributed by atoms with Crippen LogP contribution in [0.4, 0.5) is 5.69 Å². The number of hydrogen-bond acceptors (Lipinski definition) is 9. The maximum atomic E-state index is 14.4. The van der Waals surface area contributed by atoms with Gasteiger partial charge in [-0.2, -0.15) is 9.57 Å². The summed E-state index contributed by atoms with van der Waals surface area (Å²) in [6, 6.07) is 13.9. The molecular weight excluding hydrogens is 633 g/mol. The Morgan fingerprint density at radius 1 is 1.11 bits per heavy atom. The molecule has 0 bridgehead atoms. The van der Waals surface area contributed by atoms with Crippen molar-refractivity contribution < 1.29 is 21.6 Å². The number of rotatable bonds is 7. The van der Waals surface area contributed by atoms with Gasteiger partial charge in [0.1, 0.15) is 6.07 Å². The van der Waals surface area contributed by atoms with Crippen LogP contribution in [0.2, 0.25) is 0 Å². The average molecular weight is 665 g/mol. The topological polar surface area (TPSA) is 145 Å². The Bertz CT molecular complexity index is 2060. The summed E-state index contributed by atoms with van der Waals surface area (Å²) >= 11 is 1.27. The SMILES string of the molecule is Cc1ccc(S(=O)(=O)n2c(C3=CCN(S(C)(=O)=O)CC3)cc3c(N4CCC[C@@H](NC(=O)c5nccs5)C4)ccc(C#N)c32)cc1. The van der Waals surface area contributed by atoms with Crippen LogP contribution in [0, 0.1) is 18.3 Å². The highest BCUT2D eigenvalue weighted by atomic mass is 32.2. The monoisotopic (exact) mass is 664 g/mol. The summed E-state index contributed by atoms with van der Waals surface area (Å²) in [4.78, 5) is 19.1. The van der Waals surface area contributed by atoms with Crippen molar-refractivity contribution in [3.63, 3.8) is 0 Å². The van der Waals surface area contributed by atoms with E-state index in [4.69, 9.17) is 0 Å². The van der Waals surface area contributed by atoms with Gasteiger partial charge in [-0.1, -0.05) is 23.8 Å². The van der Waals surface area contributed by atoms with E-state index in [0.717, 1.165) is 30.3 Å². The minimum absolute atomic E-state index is 0.0817. The van der Waals surface area contributed by atoms with Gasteiger partial charge in [-0.3, -0.25) is 4.79 Å². The Morgan fingerprint density at radius 2 is 1.89 bits per heavy atom. The number of benzene rings is 2. The van der Waals surface area contributed by atoms with Gasteiger partial charge < -0.3 is 10.2 Å². The highest BCUT2D eigenvalue weighted by Gasteiger charge is 2.31. The molecule has 2 aromatic carbocycles. The van der Waals surface area contributed by atoms with Crippen LogP contribution in [-0.2, 0) is 20.0 Å². The standard InChI is InChI=1S/C31H32N6O5S3/c1-21-5-8-25(9-6-21)45(41,42)37-28(22-11-15-36(16-12-22)44(2,39)40)18-26-27(10-7-23(19-32)29(26)37)35-14-3-4-24(20-35)34-30(38)31-33-13-17-43-31/h5-11,13,17-18,24H,3-4,12,14-16,20H2,1-2H3,(H,34,38)/t24-/m1/s1. The number of aryl methyl sites for hydroxylation is 1. The second-order valence-corrected chi connectivity index (χ2v) is 16.0. The van der Waals surface area contributed by atoms with Crippen LogP contribution in [0.25, 0.3) is 16.5 Å². The number of amides is 1. The van der Waals surface area contributed by atoms with E-state index < -0.39 is 20.0 Å². The third kappa shape index (κ3) is 6.00. The lowest BCUT2D eigenvalue weighted by atomic mass is 10.0. The van der Waals surface area contributed by atoms with Crippen LogP contribution in [0.3, 0.4) is 0 Å². The van der Waals surface area contributed by atoms with Crippen LogP contribution >= 0.6 is 11.3 Å². The van der Waals surface area contributed by atoms with Crippen LogP contribution in [0.1, 0.15) is 45.9 Å². The summed E-state index contributed by atoms with van der Waals surface area (Å²) in [6.45, 7) is 3.38. The van der Waals surface area contributed by atoms with Crippen molar-refractivity contribution in [1.29, 1.82) is 5.26 Å². The molecule has 1 amide bonds. The summed E-state index contributed by atoms with van der Waals surface area (Å²) in [7, 11) is -7.60. The third-order valence-corrected chi connectivity index (χ3v) is 12.0. The van der Waals surface area contributed by atoms with E-state index in [0.29, 0.717) is 41.2 Å². The third-order valence-electron chi connectivity index (χ3n) is 8.27. The highest BCUT2D eigenvalue weighted by Crippen LogP contribution is 2.39. The number of nitrogens with zero attached hydrogens (tertiary/aromatic N) is 5. The molecule has 2 aliphatic heterocycles. The zero-order valence-electron chi connectivity index (χ0n) is 24.8. The highest BCUT2D eigenvalue weighted by molar-refractivity contribution is 7.90. The van der Waals surface area contributed by atoms with Gasteiger partial charge in [0.15, 0.2) is 5.01 Å². The maximum absolute atomic E-state index is 14.4. The lowest BCUT2D eigenvalue weighted by Gasteiger charge is -2.35. The molecule has 234 valence electrons. The molecular formula is C31H32N6O5S3. The largest absolute Gasteiger partial charge is 0.369 e. The predicted octanol–water partition coefficient (Wildman–Crippen LogP) is 3.96. The van der Waals surface area contributed by atoms with E-state index in [-0.39, 0.29) is 41.0 Å². The molecule has 2 aromatic heterocycles. The van der Waals surface area contributed by atoms with Crippen molar-refractivity contribution in [3.8, 4) is 6.07 Å². The summed E-state index contributed by atoms with van der Waals surface area (Å²) in [5.74, 6) is -0.230. The number of aromatic nitrogens is 2. The van der Waals surface area contributed by atoms with E-state index in [9.17, 15) is 26.9 Å². The van der Waals surface area contributed by atoms with Crippen molar-refractivity contribution >= 4 is 59.5 Å². The maximum Gasteiger partial charge on any atom is 0.280 e. The fourth-order valence-corrected chi connectivity index (χ4v) is 8.87. The number of nitrogens with one attached hydrogen (secondary N) is 1. The summed E-state index contributed by atoms with van der Waals surface area (Å²) in [5, 5.41) is 16.0. The molecule has 45 heavy (non-hydrogen) atoms. The Balaban J connectivity index is 1.48. The molecule has 2 aliphatic rings. The first kappa shape index (κ1) is 31.0. The van der Waals surface area contributed by atoms with E-state index in [2.05, 4.69) is 21.3 Å². The zero-order valence-corrected chi connectivity index (χ0v) is 27.3. The van der Waals surface area contributed by atoms with Crippen molar-refractivity contribution in [2.24, 2.45) is 0 Å². The van der Waals surface area contributed by atoms with Crippen LogP contribution in [0.15, 0.2) is 65.0 Å². The minimum atomic E-state index is -4.18. The number of piperidine rings is 1. The lowest BCUT2D eigenvalue weighted by molar-refractivity contribution is 0.0932. The molecule has 1 fully saturated rings. The molecule has 0 radical (unpaired) electrons. The quantitative estimate of drug-likeness (QED) is 0.313. The van der Waals surface area contributed by atoms with Gasteiger partial charge in [0.2, 0.25) is 10.0 Å². The number of hydrogen-bond donors (Lipinski definition) is 1. The molecule has 1 atom stereocenters. The number of carbonyl (C=O) groups excluding carboxylic acids is 1. The van der Waals surface area contributed by atoms with Gasteiger partial charge in [0.25, 0.3) is 15.9 Å². The molecule has 14 heteroatoms. The number of nitriles is 1. The van der Waals surface area contributed by atoms with Crippen molar-refractivity contribution in [1.82, 2.24) is 18.6 Å². The Morgan fingerprint density at radius 3 is 2.53 bits per heavy atom. The van der Waals surface area contributed by atoms with Gasteiger partial charge in [-0.15, -0.1) is 11.3 Å². The van der Waals surface area contributed by atoms with Gasteiger partial charge in [0.05, 0.1) is 27.9 Å². The van der Waals surface area contributed by atoms with Crippen LogP contribution in [-0.4, -0.2) is 74.5 Å². The van der Waals surface area contributed by atoms with E-state index in [1.807, 2.05) is 13.0 Å². The zero-order chi connectivity index (χ0) is 31.9. The lowest BCUT2D eigenvalue weighted by Crippen LogP contribution is -2.47. The van der Waals surface area contributed by atoms with Crippen LogP contribution in [0.5, 0.6) is 0 Å². The van der Waals surface area contributed by atoms with E-state index in [1.165, 1.54) is 19.6 Å². The summed E-state index contributed by atoms with van der Waals surface area (Å²) in [6.07, 6.45) is 6.38. The Labute approximate surface area is 266 Å². The van der Waals surface area contributed by atoms with E-state index >= 15 is 0 Å². The fraction of sp³-hybridized carbons (Fsp3) is 0.323. The average Bonchev–Trinajstić information content (AvgIpc) is 3.70. The molecule has 0 unspecified atom stereocenters. The first-order chi connectivity index (χ1) is 21.5. The van der Waals surface area contributed by atoms with Crippen molar-refractivity contribution in [2.75, 3.05) is 37.3 Å². The molecule has 0 saturated carbocycles. The molecule has 11 nitrogen and oxygen atoms in total. The summed E-state index contributed by atoms with van der Waals surface area (Å²) < 4.78 is 55.8. The second kappa shape index (κ2) is 12.1. The molecule has 4 heterocycles. The van der Waals surface area contributed by atoms with E-state index in [1.54, 1.807) is 54.1 Å². The number of anilines is 1. The molecule has 1 saturated heterocycles. The van der Waals surface area contributed by atoms with Gasteiger partial charge in [0, 0.05) is 54.9 Å². The number of carbonyl (C=O) groups is 1. The van der Waals surface area contributed by atoms with Gasteiger partial charge in [-0.05, 0) is 62.1 Å². The first-order valence-electron chi connectivity index (χ1n) is 14.5. The fourth-order valence-electron chi connectivity index (χ4n) is 6.01. The molecule has 1 N–H and O–H groups in total. The first-order valence-corrected chi connectivity index (χ1v) is 18.6.